The standard InChI is InChI=1S/C26H27ClF3N3O/c27-21-9-4-7-19(15-21)17-32-14-6-13-24(32)18-33(23-11-2-1-3-12-23)25(34)31-22-10-5-8-20(16-22)26(28,29)30/h4-10,13-16,23H,1-3,11-12,17-18H2,(H,31,34). The molecule has 180 valence electrons. The number of hydrogen-bond donors (Lipinski definition) is 1. The van der Waals surface area contributed by atoms with Crippen LogP contribution in [-0.4, -0.2) is 21.5 Å². The molecule has 1 N–H and O–H groups in total. The van der Waals surface area contributed by atoms with E-state index >= 15 is 0 Å². The molecule has 0 unspecified atom stereocenters. The Morgan fingerprint density at radius 2 is 1.79 bits per heavy atom. The molecule has 1 aliphatic carbocycles. The summed E-state index contributed by atoms with van der Waals surface area (Å²) in [5.41, 5.74) is 1.34. The highest BCUT2D eigenvalue weighted by molar-refractivity contribution is 6.30. The molecule has 4 rings (SSSR count). The first-order chi connectivity index (χ1) is 16.3. The van der Waals surface area contributed by atoms with Crippen LogP contribution in [0.2, 0.25) is 5.02 Å². The van der Waals surface area contributed by atoms with Crippen molar-refractivity contribution in [2.24, 2.45) is 0 Å². The number of nitrogens with zero attached hydrogens (tertiary/aromatic N) is 2. The maximum atomic E-state index is 13.3. The Morgan fingerprint density at radius 1 is 1.03 bits per heavy atom. The van der Waals surface area contributed by atoms with Crippen molar-refractivity contribution < 1.29 is 18.0 Å². The summed E-state index contributed by atoms with van der Waals surface area (Å²) in [7, 11) is 0. The zero-order valence-corrected chi connectivity index (χ0v) is 19.4. The van der Waals surface area contributed by atoms with Crippen molar-refractivity contribution in [3.63, 3.8) is 0 Å². The Bertz CT molecular complexity index is 1120. The molecule has 0 saturated heterocycles. The monoisotopic (exact) mass is 489 g/mol. The Hall–Kier alpha value is -2.93. The highest BCUT2D eigenvalue weighted by atomic mass is 35.5. The van der Waals surface area contributed by atoms with Gasteiger partial charge in [0.1, 0.15) is 0 Å². The van der Waals surface area contributed by atoms with E-state index < -0.39 is 11.7 Å². The van der Waals surface area contributed by atoms with Crippen LogP contribution in [0.4, 0.5) is 23.7 Å². The fraction of sp³-hybridized carbons (Fsp3) is 0.346. The average Bonchev–Trinajstić information content (AvgIpc) is 3.24. The minimum Gasteiger partial charge on any atom is -0.345 e. The van der Waals surface area contributed by atoms with Gasteiger partial charge >= 0.3 is 12.2 Å². The molecule has 0 aliphatic heterocycles. The van der Waals surface area contributed by atoms with Crippen LogP contribution in [0.15, 0.2) is 66.9 Å². The number of carbonyl (C=O) groups excluding carboxylic acids is 1. The number of benzene rings is 2. The number of anilines is 1. The molecule has 0 bridgehead atoms. The van der Waals surface area contributed by atoms with Gasteiger partial charge in [0.2, 0.25) is 0 Å². The highest BCUT2D eigenvalue weighted by Crippen LogP contribution is 2.31. The van der Waals surface area contributed by atoms with Crippen LogP contribution >= 0.6 is 11.6 Å². The van der Waals surface area contributed by atoms with E-state index in [9.17, 15) is 18.0 Å². The molecule has 1 saturated carbocycles. The SMILES string of the molecule is O=C(Nc1cccc(C(F)(F)F)c1)N(Cc1cccn1Cc1cccc(Cl)c1)C1CCCCC1. The normalized spacial score (nSPS) is 14.7. The summed E-state index contributed by atoms with van der Waals surface area (Å²) in [5.74, 6) is 0. The van der Waals surface area contributed by atoms with Crippen LogP contribution in [-0.2, 0) is 19.3 Å². The molecule has 4 nitrogen and oxygen atoms in total. The fourth-order valence-corrected chi connectivity index (χ4v) is 4.69. The van der Waals surface area contributed by atoms with Gasteiger partial charge in [-0.25, -0.2) is 4.79 Å². The molecule has 2 amide bonds. The lowest BCUT2D eigenvalue weighted by atomic mass is 9.94. The van der Waals surface area contributed by atoms with Gasteiger partial charge in [-0.1, -0.05) is 49.1 Å². The topological polar surface area (TPSA) is 37.3 Å². The zero-order valence-electron chi connectivity index (χ0n) is 18.7. The van der Waals surface area contributed by atoms with Crippen molar-refractivity contribution in [2.45, 2.75) is 57.4 Å². The van der Waals surface area contributed by atoms with E-state index in [1.165, 1.54) is 12.1 Å². The molecule has 0 spiro atoms. The lowest BCUT2D eigenvalue weighted by Gasteiger charge is -2.34. The fourth-order valence-electron chi connectivity index (χ4n) is 4.48. The second-order valence-electron chi connectivity index (χ2n) is 8.69. The quantitative estimate of drug-likeness (QED) is 0.381. The van der Waals surface area contributed by atoms with Crippen molar-refractivity contribution in [2.75, 3.05) is 5.32 Å². The third-order valence-corrected chi connectivity index (χ3v) is 6.45. The molecule has 3 aromatic rings. The number of halogens is 4. The van der Waals surface area contributed by atoms with Crippen molar-refractivity contribution >= 4 is 23.3 Å². The maximum absolute atomic E-state index is 13.3. The zero-order chi connectivity index (χ0) is 24.1. The van der Waals surface area contributed by atoms with Gasteiger partial charge in [0.25, 0.3) is 0 Å². The van der Waals surface area contributed by atoms with Gasteiger partial charge in [-0.05, 0) is 60.9 Å². The van der Waals surface area contributed by atoms with Crippen LogP contribution in [0.25, 0.3) is 0 Å². The van der Waals surface area contributed by atoms with Crippen LogP contribution in [0.5, 0.6) is 0 Å². The van der Waals surface area contributed by atoms with Gasteiger partial charge < -0.3 is 14.8 Å². The van der Waals surface area contributed by atoms with E-state index in [4.69, 9.17) is 11.6 Å². The number of nitrogens with one attached hydrogen (secondary N) is 1. The number of urea groups is 1. The van der Waals surface area contributed by atoms with Crippen molar-refractivity contribution in [3.8, 4) is 0 Å². The summed E-state index contributed by atoms with van der Waals surface area (Å²) in [6, 6.07) is 15.9. The van der Waals surface area contributed by atoms with Gasteiger partial charge in [0.15, 0.2) is 0 Å². The van der Waals surface area contributed by atoms with Crippen LogP contribution in [0.3, 0.4) is 0 Å². The lowest BCUT2D eigenvalue weighted by Crippen LogP contribution is -2.43. The largest absolute Gasteiger partial charge is 0.416 e. The van der Waals surface area contributed by atoms with E-state index in [1.54, 1.807) is 4.90 Å². The smallest absolute Gasteiger partial charge is 0.345 e. The molecule has 1 heterocycles. The van der Waals surface area contributed by atoms with Crippen LogP contribution in [0, 0.1) is 0 Å². The van der Waals surface area contributed by atoms with Crippen molar-refractivity contribution in [1.29, 1.82) is 0 Å². The molecule has 1 aliphatic rings. The molecule has 8 heteroatoms. The lowest BCUT2D eigenvalue weighted by molar-refractivity contribution is -0.137. The first kappa shape index (κ1) is 24.2. The Balaban J connectivity index is 1.54. The predicted molar refractivity (Wildman–Crippen MR) is 128 cm³/mol. The number of alkyl halides is 3. The van der Waals surface area contributed by atoms with E-state index in [0.717, 1.165) is 55.5 Å². The number of carbonyl (C=O) groups is 1. The second-order valence-corrected chi connectivity index (χ2v) is 9.12. The number of amides is 2. The minimum atomic E-state index is -4.47. The van der Waals surface area contributed by atoms with Crippen molar-refractivity contribution in [1.82, 2.24) is 9.47 Å². The third-order valence-electron chi connectivity index (χ3n) is 6.22. The minimum absolute atomic E-state index is 0.0362. The first-order valence-electron chi connectivity index (χ1n) is 11.4. The van der Waals surface area contributed by atoms with Gasteiger partial charge in [-0.2, -0.15) is 13.2 Å². The van der Waals surface area contributed by atoms with Crippen LogP contribution < -0.4 is 5.32 Å². The predicted octanol–water partition coefficient (Wildman–Crippen LogP) is 7.58. The van der Waals surface area contributed by atoms with Crippen molar-refractivity contribution in [3.05, 3.63) is 88.7 Å². The summed E-state index contributed by atoms with van der Waals surface area (Å²) in [5, 5.41) is 3.36. The molecular formula is C26H27ClF3N3O. The van der Waals surface area contributed by atoms with Gasteiger partial charge in [-0.3, -0.25) is 0 Å². The third kappa shape index (κ3) is 6.14. The molecule has 0 radical (unpaired) electrons. The van der Waals surface area contributed by atoms with E-state index in [2.05, 4.69) is 9.88 Å². The number of hydrogen-bond acceptors (Lipinski definition) is 1. The molecule has 1 fully saturated rings. The van der Waals surface area contributed by atoms with Crippen LogP contribution in [0.1, 0.15) is 48.9 Å². The van der Waals surface area contributed by atoms with E-state index in [0.29, 0.717) is 18.1 Å². The Kier molecular flexibility index (Phi) is 7.51. The second kappa shape index (κ2) is 10.6. The number of aromatic nitrogens is 1. The Labute approximate surface area is 202 Å². The molecular weight excluding hydrogens is 463 g/mol. The number of rotatable bonds is 6. The first-order valence-corrected chi connectivity index (χ1v) is 11.8. The summed E-state index contributed by atoms with van der Waals surface area (Å²) >= 11 is 6.13. The summed E-state index contributed by atoms with van der Waals surface area (Å²) < 4.78 is 41.4. The molecule has 34 heavy (non-hydrogen) atoms. The molecule has 2 aromatic carbocycles. The summed E-state index contributed by atoms with van der Waals surface area (Å²) in [4.78, 5) is 15.1. The average molecular weight is 490 g/mol. The molecule has 1 aromatic heterocycles. The summed E-state index contributed by atoms with van der Waals surface area (Å²) in [6.45, 7) is 0.972. The van der Waals surface area contributed by atoms with E-state index in [1.807, 2.05) is 42.6 Å². The van der Waals surface area contributed by atoms with Gasteiger partial charge in [0, 0.05) is 35.2 Å². The van der Waals surface area contributed by atoms with Gasteiger partial charge in [-0.15, -0.1) is 0 Å². The Morgan fingerprint density at radius 3 is 2.53 bits per heavy atom. The maximum Gasteiger partial charge on any atom is 0.416 e. The molecule has 0 atom stereocenters. The van der Waals surface area contributed by atoms with Gasteiger partial charge in [0.05, 0.1) is 12.1 Å². The summed E-state index contributed by atoms with van der Waals surface area (Å²) in [6.07, 6.45) is 2.44. The highest BCUT2D eigenvalue weighted by Gasteiger charge is 2.31. The van der Waals surface area contributed by atoms with E-state index in [-0.39, 0.29) is 17.8 Å².